The van der Waals surface area contributed by atoms with E-state index in [4.69, 9.17) is 9.84 Å². The second-order valence-corrected chi connectivity index (χ2v) is 5.60. The maximum Gasteiger partial charge on any atom is 0.338 e. The van der Waals surface area contributed by atoms with E-state index in [2.05, 4.69) is 5.32 Å². The van der Waals surface area contributed by atoms with E-state index in [0.717, 1.165) is 5.56 Å². The second-order valence-electron chi connectivity index (χ2n) is 4.69. The van der Waals surface area contributed by atoms with E-state index in [9.17, 15) is 9.59 Å². The fraction of sp³-hybridized carbons (Fsp3) is 0.200. The molecule has 1 unspecified atom stereocenters. The molecule has 1 aliphatic heterocycles. The molecule has 0 aliphatic carbocycles. The summed E-state index contributed by atoms with van der Waals surface area (Å²) in [6.45, 7) is 0.478. The molecule has 1 atom stereocenters. The molecule has 21 heavy (non-hydrogen) atoms. The molecule has 2 aromatic rings. The lowest BCUT2D eigenvalue weighted by atomic mass is 9.92. The average Bonchev–Trinajstić information content (AvgIpc) is 2.95. The Morgan fingerprint density at radius 3 is 2.90 bits per heavy atom. The van der Waals surface area contributed by atoms with Crippen molar-refractivity contribution < 1.29 is 19.4 Å². The lowest BCUT2D eigenvalue weighted by Gasteiger charge is -2.24. The largest absolute Gasteiger partial charge is 0.493 e. The van der Waals surface area contributed by atoms with E-state index in [1.54, 1.807) is 5.38 Å². The van der Waals surface area contributed by atoms with E-state index in [0.29, 0.717) is 23.8 Å². The van der Waals surface area contributed by atoms with Crippen LogP contribution in [0.15, 0.2) is 35.7 Å². The fourth-order valence-corrected chi connectivity index (χ4v) is 3.17. The van der Waals surface area contributed by atoms with Crippen molar-refractivity contribution in [3.05, 3.63) is 46.8 Å². The number of para-hydroxylation sites is 1. The summed E-state index contributed by atoms with van der Waals surface area (Å²) in [6.07, 6.45) is 0.580. The Bertz CT molecular complexity index is 694. The molecule has 2 heterocycles. The van der Waals surface area contributed by atoms with Crippen molar-refractivity contribution in [3.63, 3.8) is 0 Å². The third-order valence-electron chi connectivity index (χ3n) is 3.41. The number of rotatable bonds is 3. The van der Waals surface area contributed by atoms with Gasteiger partial charge >= 0.3 is 5.97 Å². The summed E-state index contributed by atoms with van der Waals surface area (Å²) in [5, 5.41) is 13.8. The molecule has 1 aromatic heterocycles. The molecule has 0 bridgehead atoms. The number of fused-ring (bicyclic) bond motifs is 1. The Morgan fingerprint density at radius 1 is 1.29 bits per heavy atom. The number of aromatic carboxylic acids is 1. The minimum atomic E-state index is -1.04. The normalized spacial score (nSPS) is 16.7. The van der Waals surface area contributed by atoms with Crippen LogP contribution in [0.5, 0.6) is 5.75 Å². The monoisotopic (exact) mass is 303 g/mol. The number of hydrogen-bond donors (Lipinski definition) is 2. The molecule has 0 saturated carbocycles. The topological polar surface area (TPSA) is 75.6 Å². The van der Waals surface area contributed by atoms with Crippen LogP contribution in [0.2, 0.25) is 0 Å². The van der Waals surface area contributed by atoms with Gasteiger partial charge in [-0.1, -0.05) is 18.2 Å². The van der Waals surface area contributed by atoms with Crippen LogP contribution in [0.1, 0.15) is 28.3 Å². The predicted octanol–water partition coefficient (Wildman–Crippen LogP) is 2.95. The van der Waals surface area contributed by atoms with Gasteiger partial charge in [-0.05, 0) is 23.9 Å². The predicted molar refractivity (Wildman–Crippen MR) is 79.2 cm³/mol. The highest BCUT2D eigenvalue weighted by Gasteiger charge is 2.28. The number of anilines is 1. The number of carbonyl (C=O) groups is 2. The van der Waals surface area contributed by atoms with Crippen LogP contribution < -0.4 is 10.1 Å². The van der Waals surface area contributed by atoms with E-state index < -0.39 is 5.97 Å². The fourth-order valence-electron chi connectivity index (χ4n) is 2.39. The number of thiophene rings is 1. The molecule has 1 amide bonds. The second kappa shape index (κ2) is 5.57. The lowest BCUT2D eigenvalue weighted by molar-refractivity contribution is -0.118. The molecule has 1 aliphatic rings. The summed E-state index contributed by atoms with van der Waals surface area (Å²) in [5.41, 5.74) is 0.961. The Kier molecular flexibility index (Phi) is 3.62. The van der Waals surface area contributed by atoms with E-state index in [1.807, 2.05) is 24.3 Å². The van der Waals surface area contributed by atoms with Crippen LogP contribution in [-0.2, 0) is 4.79 Å². The maximum absolute atomic E-state index is 12.5. The summed E-state index contributed by atoms with van der Waals surface area (Å²) in [4.78, 5) is 23.5. The number of carbonyl (C=O) groups excluding carboxylic acids is 1. The van der Waals surface area contributed by atoms with E-state index in [1.165, 1.54) is 17.4 Å². The Hall–Kier alpha value is -2.34. The van der Waals surface area contributed by atoms with Crippen molar-refractivity contribution in [2.75, 3.05) is 11.9 Å². The number of amides is 1. The first kappa shape index (κ1) is 13.6. The molecule has 108 valence electrons. The van der Waals surface area contributed by atoms with Gasteiger partial charge in [0.25, 0.3) is 0 Å². The third-order valence-corrected chi connectivity index (χ3v) is 4.24. The number of benzene rings is 1. The Balaban J connectivity index is 1.84. The summed E-state index contributed by atoms with van der Waals surface area (Å²) in [5.74, 6) is -0.845. The molecule has 5 nitrogen and oxygen atoms in total. The molecule has 2 N–H and O–H groups in total. The van der Waals surface area contributed by atoms with Crippen molar-refractivity contribution in [1.82, 2.24) is 0 Å². The molecular formula is C15H13NO4S. The zero-order valence-electron chi connectivity index (χ0n) is 11.0. The first-order chi connectivity index (χ1) is 10.2. The van der Waals surface area contributed by atoms with Crippen molar-refractivity contribution in [3.8, 4) is 5.75 Å². The number of carboxylic acids is 1. The number of nitrogens with one attached hydrogen (secondary N) is 1. The van der Waals surface area contributed by atoms with Gasteiger partial charge < -0.3 is 15.2 Å². The highest BCUT2D eigenvalue weighted by atomic mass is 32.1. The Labute approximate surface area is 125 Å². The molecule has 1 aromatic carbocycles. The van der Waals surface area contributed by atoms with Gasteiger partial charge in [0.2, 0.25) is 5.91 Å². The van der Waals surface area contributed by atoms with Crippen molar-refractivity contribution in [1.29, 1.82) is 0 Å². The van der Waals surface area contributed by atoms with Gasteiger partial charge in [0.1, 0.15) is 10.8 Å². The highest BCUT2D eigenvalue weighted by Crippen LogP contribution is 2.35. The van der Waals surface area contributed by atoms with Gasteiger partial charge in [-0.2, -0.15) is 0 Å². The molecule has 0 saturated heterocycles. The molecule has 0 fully saturated rings. The van der Waals surface area contributed by atoms with E-state index in [-0.39, 0.29) is 17.4 Å². The van der Waals surface area contributed by atoms with Crippen LogP contribution in [0.25, 0.3) is 0 Å². The van der Waals surface area contributed by atoms with Gasteiger partial charge in [0.05, 0.1) is 18.1 Å². The van der Waals surface area contributed by atoms with Gasteiger partial charge in [0.15, 0.2) is 0 Å². The summed E-state index contributed by atoms with van der Waals surface area (Å²) in [6, 6.07) is 8.91. The van der Waals surface area contributed by atoms with Crippen molar-refractivity contribution in [2.45, 2.75) is 12.3 Å². The summed E-state index contributed by atoms with van der Waals surface area (Å²) in [7, 11) is 0. The molecular weight excluding hydrogens is 290 g/mol. The molecule has 0 radical (unpaired) electrons. The van der Waals surface area contributed by atoms with Gasteiger partial charge in [-0.25, -0.2) is 4.79 Å². The summed E-state index contributed by atoms with van der Waals surface area (Å²) < 4.78 is 5.53. The quantitative estimate of drug-likeness (QED) is 0.914. The lowest BCUT2D eigenvalue weighted by Crippen LogP contribution is -2.26. The smallest absolute Gasteiger partial charge is 0.338 e. The minimum Gasteiger partial charge on any atom is -0.493 e. The molecule has 6 heteroatoms. The molecule has 0 spiro atoms. The number of hydrogen-bond acceptors (Lipinski definition) is 4. The van der Waals surface area contributed by atoms with Crippen LogP contribution >= 0.6 is 11.3 Å². The molecule has 3 rings (SSSR count). The van der Waals surface area contributed by atoms with Crippen LogP contribution in [-0.4, -0.2) is 23.6 Å². The van der Waals surface area contributed by atoms with E-state index >= 15 is 0 Å². The first-order valence-electron chi connectivity index (χ1n) is 6.50. The number of carboxylic acid groups (broad SMARTS) is 1. The minimum absolute atomic E-state index is 0.119. The van der Waals surface area contributed by atoms with Crippen LogP contribution in [0.4, 0.5) is 5.00 Å². The zero-order valence-corrected chi connectivity index (χ0v) is 11.9. The maximum atomic E-state index is 12.5. The Morgan fingerprint density at radius 2 is 2.10 bits per heavy atom. The first-order valence-corrected chi connectivity index (χ1v) is 7.38. The van der Waals surface area contributed by atoms with Crippen LogP contribution in [0.3, 0.4) is 0 Å². The van der Waals surface area contributed by atoms with Gasteiger partial charge in [-0.3, -0.25) is 4.79 Å². The highest BCUT2D eigenvalue weighted by molar-refractivity contribution is 7.14. The SMILES string of the molecule is O=C(O)c1ccsc1NC(=O)C1CCOc2ccccc21. The van der Waals surface area contributed by atoms with Crippen LogP contribution in [0, 0.1) is 0 Å². The van der Waals surface area contributed by atoms with Crippen molar-refractivity contribution >= 4 is 28.2 Å². The average molecular weight is 303 g/mol. The van der Waals surface area contributed by atoms with Gasteiger partial charge in [0, 0.05) is 5.56 Å². The standard InChI is InChI=1S/C15H13NO4S/c17-13(16-14-11(15(18)19)6-8-21-14)10-5-7-20-12-4-2-1-3-9(10)12/h1-4,6,8,10H,5,7H2,(H,16,17)(H,18,19). The number of ether oxygens (including phenoxy) is 1. The summed E-state index contributed by atoms with van der Waals surface area (Å²) >= 11 is 1.21. The third kappa shape index (κ3) is 2.62. The van der Waals surface area contributed by atoms with Crippen molar-refractivity contribution in [2.24, 2.45) is 0 Å². The van der Waals surface area contributed by atoms with Gasteiger partial charge in [-0.15, -0.1) is 11.3 Å². The zero-order chi connectivity index (χ0) is 14.8.